The van der Waals surface area contributed by atoms with Crippen LogP contribution in [0.5, 0.6) is 5.75 Å². The Kier molecular flexibility index (Phi) is 10.6. The zero-order valence-electron chi connectivity index (χ0n) is 20.1. The second-order valence-corrected chi connectivity index (χ2v) is 9.73. The monoisotopic (exact) mass is 532 g/mol. The lowest BCUT2D eigenvalue weighted by molar-refractivity contribution is 0.261. The minimum Gasteiger partial charge on any atom is -0.489 e. The van der Waals surface area contributed by atoms with E-state index in [1.54, 1.807) is 0 Å². The van der Waals surface area contributed by atoms with Crippen molar-refractivity contribution in [3.63, 3.8) is 0 Å². The summed E-state index contributed by atoms with van der Waals surface area (Å²) >= 11 is 6.02. The van der Waals surface area contributed by atoms with Crippen molar-refractivity contribution in [3.05, 3.63) is 94.0 Å². The number of nitrogens with zero attached hydrogens (tertiary/aromatic N) is 2. The summed E-state index contributed by atoms with van der Waals surface area (Å²) in [6.45, 7) is 6.09. The summed E-state index contributed by atoms with van der Waals surface area (Å²) in [6.07, 6.45) is 6.12. The Morgan fingerprint density at radius 2 is 1.37 bits per heavy atom. The Balaban J connectivity index is 0.00000171. The number of anilines is 1. The van der Waals surface area contributed by atoms with E-state index in [0.717, 1.165) is 49.9 Å². The Morgan fingerprint density at radius 1 is 0.714 bits per heavy atom. The number of hydrogen-bond acceptors (Lipinski definition) is 3. The Morgan fingerprint density at radius 3 is 2.09 bits per heavy atom. The van der Waals surface area contributed by atoms with Gasteiger partial charge in [-0.15, -0.1) is 24.8 Å². The molecule has 35 heavy (non-hydrogen) atoms. The van der Waals surface area contributed by atoms with Gasteiger partial charge in [0.1, 0.15) is 12.4 Å². The van der Waals surface area contributed by atoms with Crippen molar-refractivity contribution in [3.8, 4) is 5.75 Å². The maximum absolute atomic E-state index is 6.09. The molecular weight excluding hydrogens is 499 g/mol. The number of ether oxygens (including phenoxy) is 1. The molecule has 0 bridgehead atoms. The summed E-state index contributed by atoms with van der Waals surface area (Å²) in [5.74, 6) is 0.998. The van der Waals surface area contributed by atoms with E-state index in [0.29, 0.717) is 6.61 Å². The topological polar surface area (TPSA) is 15.7 Å². The molecule has 6 heteroatoms. The molecule has 3 nitrogen and oxygen atoms in total. The molecule has 1 saturated heterocycles. The number of aryl methyl sites for hydroxylation is 2. The van der Waals surface area contributed by atoms with Crippen LogP contribution in [0.4, 0.5) is 5.69 Å². The minimum absolute atomic E-state index is 0. The Labute approximate surface area is 227 Å². The number of fused-ring (bicyclic) bond motifs is 1. The summed E-state index contributed by atoms with van der Waals surface area (Å²) in [7, 11) is 0. The van der Waals surface area contributed by atoms with Crippen molar-refractivity contribution in [1.82, 2.24) is 4.90 Å². The first-order valence-electron chi connectivity index (χ1n) is 12.3. The molecule has 3 aromatic carbocycles. The van der Waals surface area contributed by atoms with E-state index >= 15 is 0 Å². The molecule has 0 radical (unpaired) electrons. The predicted molar refractivity (Wildman–Crippen MR) is 152 cm³/mol. The van der Waals surface area contributed by atoms with Gasteiger partial charge in [0.15, 0.2) is 0 Å². The van der Waals surface area contributed by atoms with Gasteiger partial charge >= 0.3 is 0 Å². The number of rotatable bonds is 7. The highest BCUT2D eigenvalue weighted by Crippen LogP contribution is 2.26. The third kappa shape index (κ3) is 7.54. The van der Waals surface area contributed by atoms with Gasteiger partial charge in [0.25, 0.3) is 0 Å². The second kappa shape index (κ2) is 13.4. The molecule has 0 aromatic heterocycles. The molecule has 1 fully saturated rings. The van der Waals surface area contributed by atoms with Gasteiger partial charge < -0.3 is 9.64 Å². The molecule has 0 saturated carbocycles. The second-order valence-electron chi connectivity index (χ2n) is 9.30. The van der Waals surface area contributed by atoms with Crippen LogP contribution in [0.25, 0.3) is 0 Å². The SMILES string of the molecule is Cl.Cl.Clc1ccc(N2CCN(CCc3ccc(COc4ccc5c(c4)CCCC5)cc3)CC2)cc1. The molecule has 0 spiro atoms. The van der Waals surface area contributed by atoms with Crippen molar-refractivity contribution in [2.75, 3.05) is 37.6 Å². The average Bonchev–Trinajstić information content (AvgIpc) is 2.87. The zero-order chi connectivity index (χ0) is 22.5. The molecule has 0 atom stereocenters. The van der Waals surface area contributed by atoms with Crippen LogP contribution in [-0.2, 0) is 25.9 Å². The standard InChI is InChI=1S/C29H33ClN2O.2ClH/c30-27-10-12-28(13-11-27)32-19-17-31(18-20-32)16-15-23-5-7-24(8-6-23)22-33-29-14-9-25-3-1-2-4-26(25)21-29;;/h5-14,21H,1-4,15-20,22H2;2*1H. The lowest BCUT2D eigenvalue weighted by Crippen LogP contribution is -2.46. The summed E-state index contributed by atoms with van der Waals surface area (Å²) in [4.78, 5) is 5.02. The van der Waals surface area contributed by atoms with Gasteiger partial charge in [-0.1, -0.05) is 41.9 Å². The zero-order valence-corrected chi connectivity index (χ0v) is 22.5. The van der Waals surface area contributed by atoms with E-state index in [1.807, 2.05) is 12.1 Å². The molecule has 0 N–H and O–H groups in total. The van der Waals surface area contributed by atoms with Crippen LogP contribution in [0, 0.1) is 0 Å². The molecular formula is C29H35Cl3N2O. The number of piperazine rings is 1. The minimum atomic E-state index is 0. The van der Waals surface area contributed by atoms with Crippen molar-refractivity contribution in [2.45, 2.75) is 38.7 Å². The van der Waals surface area contributed by atoms with Gasteiger partial charge in [-0.05, 0) is 90.8 Å². The summed E-state index contributed by atoms with van der Waals surface area (Å²) in [6, 6.07) is 23.8. The summed E-state index contributed by atoms with van der Waals surface area (Å²) < 4.78 is 6.09. The van der Waals surface area contributed by atoms with Crippen LogP contribution in [0.2, 0.25) is 5.02 Å². The van der Waals surface area contributed by atoms with E-state index < -0.39 is 0 Å². The first-order valence-corrected chi connectivity index (χ1v) is 12.7. The van der Waals surface area contributed by atoms with E-state index in [2.05, 4.69) is 64.4 Å². The Hall–Kier alpha value is -1.91. The normalized spacial score (nSPS) is 15.5. The molecule has 3 aromatic rings. The van der Waals surface area contributed by atoms with Crippen LogP contribution in [0.15, 0.2) is 66.7 Å². The van der Waals surface area contributed by atoms with Crippen molar-refractivity contribution in [2.24, 2.45) is 0 Å². The van der Waals surface area contributed by atoms with Gasteiger partial charge in [-0.25, -0.2) is 0 Å². The fourth-order valence-electron chi connectivity index (χ4n) is 4.94. The maximum atomic E-state index is 6.09. The van der Waals surface area contributed by atoms with Gasteiger partial charge in [-0.3, -0.25) is 4.90 Å². The highest BCUT2D eigenvalue weighted by molar-refractivity contribution is 6.30. The maximum Gasteiger partial charge on any atom is 0.120 e. The third-order valence-electron chi connectivity index (χ3n) is 7.03. The molecule has 1 aliphatic carbocycles. The van der Waals surface area contributed by atoms with Gasteiger partial charge in [-0.2, -0.15) is 0 Å². The van der Waals surface area contributed by atoms with E-state index in [1.165, 1.54) is 53.6 Å². The van der Waals surface area contributed by atoms with Crippen LogP contribution in [0.1, 0.15) is 35.1 Å². The molecule has 0 amide bonds. The van der Waals surface area contributed by atoms with Crippen molar-refractivity contribution in [1.29, 1.82) is 0 Å². The molecule has 188 valence electrons. The predicted octanol–water partition coefficient (Wildman–Crippen LogP) is 7.01. The van der Waals surface area contributed by atoms with Gasteiger partial charge in [0.2, 0.25) is 0 Å². The highest BCUT2D eigenvalue weighted by atomic mass is 35.5. The lowest BCUT2D eigenvalue weighted by Gasteiger charge is -2.36. The van der Waals surface area contributed by atoms with Crippen LogP contribution in [0.3, 0.4) is 0 Å². The van der Waals surface area contributed by atoms with E-state index in [9.17, 15) is 0 Å². The molecule has 2 aliphatic rings. The van der Waals surface area contributed by atoms with Crippen LogP contribution < -0.4 is 9.64 Å². The van der Waals surface area contributed by atoms with Gasteiger partial charge in [0.05, 0.1) is 0 Å². The lowest BCUT2D eigenvalue weighted by atomic mass is 9.92. The highest BCUT2D eigenvalue weighted by Gasteiger charge is 2.17. The van der Waals surface area contributed by atoms with Crippen molar-refractivity contribution < 1.29 is 4.74 Å². The Bertz CT molecular complexity index is 1050. The van der Waals surface area contributed by atoms with E-state index in [4.69, 9.17) is 16.3 Å². The third-order valence-corrected chi connectivity index (χ3v) is 7.28. The largest absolute Gasteiger partial charge is 0.489 e. The quantitative estimate of drug-likeness (QED) is 0.325. The van der Waals surface area contributed by atoms with Crippen LogP contribution >= 0.6 is 36.4 Å². The first kappa shape index (κ1) is 27.7. The molecule has 1 aliphatic heterocycles. The molecule has 5 rings (SSSR count). The van der Waals surface area contributed by atoms with Gasteiger partial charge in [0, 0.05) is 43.4 Å². The smallest absolute Gasteiger partial charge is 0.120 e. The fourth-order valence-corrected chi connectivity index (χ4v) is 5.06. The van der Waals surface area contributed by atoms with Crippen LogP contribution in [-0.4, -0.2) is 37.6 Å². The first-order chi connectivity index (χ1) is 16.2. The molecule has 1 heterocycles. The molecule has 0 unspecified atom stereocenters. The number of hydrogen-bond donors (Lipinski definition) is 0. The number of halogens is 3. The number of benzene rings is 3. The average molecular weight is 534 g/mol. The fraction of sp³-hybridized carbons (Fsp3) is 0.379. The van der Waals surface area contributed by atoms with Crippen molar-refractivity contribution >= 4 is 42.1 Å². The van der Waals surface area contributed by atoms with E-state index in [-0.39, 0.29) is 24.8 Å². The summed E-state index contributed by atoms with van der Waals surface area (Å²) in [5.41, 5.74) is 6.88. The summed E-state index contributed by atoms with van der Waals surface area (Å²) in [5, 5.41) is 0.800.